The highest BCUT2D eigenvalue weighted by Gasteiger charge is 2.38. The predicted molar refractivity (Wildman–Crippen MR) is 96.0 cm³/mol. The molecule has 7 nitrogen and oxygen atoms in total. The third-order valence-corrected chi connectivity index (χ3v) is 4.14. The van der Waals surface area contributed by atoms with Crippen LogP contribution in [-0.2, 0) is 9.53 Å². The maximum Gasteiger partial charge on any atom is 0.416 e. The summed E-state index contributed by atoms with van der Waals surface area (Å²) < 4.78 is 42.4. The number of carbonyl (C=O) groups excluding carboxylic acids is 1. The van der Waals surface area contributed by atoms with E-state index in [1.807, 2.05) is 0 Å². The van der Waals surface area contributed by atoms with Crippen LogP contribution in [0.5, 0.6) is 0 Å². The molecule has 146 valence electrons. The summed E-state index contributed by atoms with van der Waals surface area (Å²) in [6.07, 6.45) is -5.86. The number of nitrogens with zero attached hydrogens (tertiary/aromatic N) is 3. The van der Waals surface area contributed by atoms with Crippen molar-refractivity contribution >= 4 is 35.8 Å². The number of aliphatic imine (C=N–C) groups is 1. The molecule has 2 heterocycles. The average molecular weight is 480 g/mol. The summed E-state index contributed by atoms with van der Waals surface area (Å²) in [5, 5.41) is 11.6. The molecule has 2 aliphatic rings. The van der Waals surface area contributed by atoms with E-state index in [4.69, 9.17) is 9.84 Å². The number of hydrogen-bond donors (Lipinski definition) is 2. The van der Waals surface area contributed by atoms with Crippen molar-refractivity contribution in [2.75, 3.05) is 46.4 Å². The lowest BCUT2D eigenvalue weighted by Gasteiger charge is -2.37. The normalized spacial score (nSPS) is 23.2. The van der Waals surface area contributed by atoms with Crippen LogP contribution in [0.4, 0.5) is 13.2 Å². The number of halogens is 4. The minimum atomic E-state index is -4.67. The molecule has 1 amide bonds. The van der Waals surface area contributed by atoms with Gasteiger partial charge in [-0.25, -0.2) is 0 Å². The van der Waals surface area contributed by atoms with E-state index in [1.165, 1.54) is 7.05 Å². The Morgan fingerprint density at radius 1 is 1.32 bits per heavy atom. The fourth-order valence-corrected chi connectivity index (χ4v) is 2.75. The zero-order valence-electron chi connectivity index (χ0n) is 14.0. The summed E-state index contributed by atoms with van der Waals surface area (Å²) in [6, 6.07) is 0. The molecule has 11 heteroatoms. The first kappa shape index (κ1) is 22.2. The fourth-order valence-electron chi connectivity index (χ4n) is 2.75. The molecular weight excluding hydrogens is 456 g/mol. The Bertz CT molecular complexity index is 465. The van der Waals surface area contributed by atoms with Crippen LogP contribution in [0.25, 0.3) is 0 Å². The topological polar surface area (TPSA) is 77.4 Å². The van der Waals surface area contributed by atoms with Crippen LogP contribution in [0.3, 0.4) is 0 Å². The highest BCUT2D eigenvalue weighted by Crippen LogP contribution is 2.19. The van der Waals surface area contributed by atoms with Gasteiger partial charge in [-0.2, -0.15) is 13.2 Å². The van der Waals surface area contributed by atoms with Crippen LogP contribution >= 0.6 is 24.0 Å². The number of aliphatic hydroxyl groups excluding tert-OH is 1. The summed E-state index contributed by atoms with van der Waals surface area (Å²) in [5.41, 5.74) is 0. The Morgan fingerprint density at radius 3 is 2.40 bits per heavy atom. The molecule has 0 aromatic rings. The molecule has 0 spiro atoms. The van der Waals surface area contributed by atoms with Crippen LogP contribution in [-0.4, -0.2) is 91.5 Å². The first-order chi connectivity index (χ1) is 11.3. The molecule has 0 saturated carbocycles. The minimum absolute atomic E-state index is 0. The van der Waals surface area contributed by atoms with Gasteiger partial charge in [0.15, 0.2) is 12.1 Å². The molecule has 2 atom stereocenters. The first-order valence-electron chi connectivity index (χ1n) is 7.93. The van der Waals surface area contributed by atoms with Gasteiger partial charge in [0.1, 0.15) is 6.10 Å². The quantitative estimate of drug-likeness (QED) is 0.348. The van der Waals surface area contributed by atoms with E-state index < -0.39 is 18.8 Å². The molecule has 2 unspecified atom stereocenters. The monoisotopic (exact) mass is 480 g/mol. The second-order valence-electron chi connectivity index (χ2n) is 5.80. The second-order valence-corrected chi connectivity index (χ2v) is 5.80. The van der Waals surface area contributed by atoms with Crippen LogP contribution in [0.15, 0.2) is 4.99 Å². The maximum atomic E-state index is 12.3. The van der Waals surface area contributed by atoms with E-state index in [1.54, 1.807) is 9.80 Å². The van der Waals surface area contributed by atoms with E-state index in [0.717, 1.165) is 12.8 Å². The molecule has 0 bridgehead atoms. The summed E-state index contributed by atoms with van der Waals surface area (Å²) in [5.74, 6) is 0.255. The SMILES string of the molecule is CN=C(NCC(O)C(F)(F)F)N1CCN(C(=O)C2CCCO2)CC1.I. The lowest BCUT2D eigenvalue weighted by Crippen LogP contribution is -2.56. The molecule has 0 aliphatic carbocycles. The Kier molecular flexibility index (Phi) is 8.68. The van der Waals surface area contributed by atoms with Crippen molar-refractivity contribution < 1.29 is 27.8 Å². The molecule has 0 aromatic heterocycles. The summed E-state index contributed by atoms with van der Waals surface area (Å²) >= 11 is 0. The van der Waals surface area contributed by atoms with Gasteiger partial charge in [-0.05, 0) is 12.8 Å². The number of nitrogens with one attached hydrogen (secondary N) is 1. The number of carbonyl (C=O) groups is 1. The number of rotatable bonds is 3. The van der Waals surface area contributed by atoms with Gasteiger partial charge in [0.2, 0.25) is 0 Å². The van der Waals surface area contributed by atoms with Crippen molar-refractivity contribution in [3.05, 3.63) is 0 Å². The lowest BCUT2D eigenvalue weighted by molar-refractivity contribution is -0.201. The van der Waals surface area contributed by atoms with Gasteiger partial charge in [0.25, 0.3) is 5.91 Å². The summed E-state index contributed by atoms with van der Waals surface area (Å²) in [7, 11) is 1.46. The van der Waals surface area contributed by atoms with Crippen LogP contribution in [0.1, 0.15) is 12.8 Å². The molecule has 2 fully saturated rings. The Labute approximate surface area is 161 Å². The summed E-state index contributed by atoms with van der Waals surface area (Å²) in [4.78, 5) is 19.7. The third-order valence-electron chi connectivity index (χ3n) is 4.14. The fraction of sp³-hybridized carbons (Fsp3) is 0.857. The van der Waals surface area contributed by atoms with Gasteiger partial charge in [0, 0.05) is 39.8 Å². The van der Waals surface area contributed by atoms with Gasteiger partial charge >= 0.3 is 6.18 Å². The highest BCUT2D eigenvalue weighted by molar-refractivity contribution is 14.0. The number of aliphatic hydroxyl groups is 1. The standard InChI is InChI=1S/C14H23F3N4O3.HI/c1-18-13(19-9-11(22)14(15,16)17)21-6-4-20(5-7-21)12(23)10-3-2-8-24-10;/h10-11,22H,2-9H2,1H3,(H,18,19);1H. The highest BCUT2D eigenvalue weighted by atomic mass is 127. The predicted octanol–water partition coefficient (Wildman–Crippen LogP) is 0.426. The van der Waals surface area contributed by atoms with Gasteiger partial charge in [-0.1, -0.05) is 0 Å². The van der Waals surface area contributed by atoms with Crippen LogP contribution < -0.4 is 5.32 Å². The number of guanidine groups is 1. The van der Waals surface area contributed by atoms with E-state index in [2.05, 4.69) is 10.3 Å². The van der Waals surface area contributed by atoms with E-state index in [9.17, 15) is 18.0 Å². The Balaban J connectivity index is 0.00000312. The largest absolute Gasteiger partial charge is 0.416 e. The van der Waals surface area contributed by atoms with Gasteiger partial charge in [-0.3, -0.25) is 9.79 Å². The van der Waals surface area contributed by atoms with Crippen LogP contribution in [0.2, 0.25) is 0 Å². The smallest absolute Gasteiger partial charge is 0.382 e. The van der Waals surface area contributed by atoms with Gasteiger partial charge < -0.3 is 25.0 Å². The minimum Gasteiger partial charge on any atom is -0.382 e. The van der Waals surface area contributed by atoms with Crippen molar-refractivity contribution in [3.8, 4) is 0 Å². The second kappa shape index (κ2) is 9.76. The van der Waals surface area contributed by atoms with Crippen LogP contribution in [0, 0.1) is 0 Å². The van der Waals surface area contributed by atoms with E-state index >= 15 is 0 Å². The van der Waals surface area contributed by atoms with E-state index in [0.29, 0.717) is 32.8 Å². The van der Waals surface area contributed by atoms with Gasteiger partial charge in [-0.15, -0.1) is 24.0 Å². The lowest BCUT2D eigenvalue weighted by atomic mass is 10.2. The van der Waals surface area contributed by atoms with Gasteiger partial charge in [0.05, 0.1) is 6.54 Å². The molecule has 2 N–H and O–H groups in total. The number of alkyl halides is 3. The zero-order valence-corrected chi connectivity index (χ0v) is 16.3. The maximum absolute atomic E-state index is 12.3. The van der Waals surface area contributed by atoms with Crippen molar-refractivity contribution in [1.29, 1.82) is 0 Å². The molecule has 0 aromatic carbocycles. The molecular formula is C14H24F3IN4O3. The van der Waals surface area contributed by atoms with Crippen molar-refractivity contribution in [2.24, 2.45) is 4.99 Å². The molecule has 25 heavy (non-hydrogen) atoms. The number of piperazine rings is 1. The number of ether oxygens (including phenoxy) is 1. The average Bonchev–Trinajstić information content (AvgIpc) is 3.08. The Morgan fingerprint density at radius 2 is 1.92 bits per heavy atom. The number of amides is 1. The molecule has 0 radical (unpaired) electrons. The van der Waals surface area contributed by atoms with Crippen molar-refractivity contribution in [1.82, 2.24) is 15.1 Å². The van der Waals surface area contributed by atoms with Crippen molar-refractivity contribution in [3.63, 3.8) is 0 Å². The molecule has 2 saturated heterocycles. The number of hydrogen-bond acceptors (Lipinski definition) is 4. The Hall–Kier alpha value is -0.820. The molecule has 2 rings (SSSR count). The third kappa shape index (κ3) is 6.13. The van der Waals surface area contributed by atoms with Crippen molar-refractivity contribution in [2.45, 2.75) is 31.2 Å². The van der Waals surface area contributed by atoms with E-state index in [-0.39, 0.29) is 41.9 Å². The zero-order chi connectivity index (χ0) is 17.7. The summed E-state index contributed by atoms with van der Waals surface area (Å²) in [6.45, 7) is 1.78. The first-order valence-corrected chi connectivity index (χ1v) is 7.93. The molecule has 2 aliphatic heterocycles.